The maximum atomic E-state index is 15.0. The third-order valence-electron chi connectivity index (χ3n) is 8.31. The van der Waals surface area contributed by atoms with Gasteiger partial charge in [0.15, 0.2) is 11.6 Å². The summed E-state index contributed by atoms with van der Waals surface area (Å²) in [6.45, 7) is 5.56. The molecule has 2 aromatic rings. The maximum Gasteiger partial charge on any atom is 0.166 e. The molecule has 0 bridgehead atoms. The van der Waals surface area contributed by atoms with Crippen molar-refractivity contribution < 1.29 is 22.6 Å². The molecule has 0 atom stereocenters. The summed E-state index contributed by atoms with van der Waals surface area (Å²) in [6, 6.07) is 8.72. The van der Waals surface area contributed by atoms with Crippen LogP contribution in [-0.2, 0) is 4.74 Å². The van der Waals surface area contributed by atoms with E-state index in [9.17, 15) is 8.78 Å². The van der Waals surface area contributed by atoms with Crippen LogP contribution in [0, 0.1) is 23.4 Å². The molecule has 4 rings (SSSR count). The van der Waals surface area contributed by atoms with Gasteiger partial charge in [-0.25, -0.2) is 13.2 Å². The van der Waals surface area contributed by atoms with E-state index in [1.807, 2.05) is 18.2 Å². The van der Waals surface area contributed by atoms with Crippen LogP contribution in [0.5, 0.6) is 5.75 Å². The molecule has 0 heterocycles. The smallest absolute Gasteiger partial charge is 0.166 e. The molecular formula is C33H43F3O2. The van der Waals surface area contributed by atoms with Gasteiger partial charge in [-0.2, -0.15) is 0 Å². The van der Waals surface area contributed by atoms with Crippen LogP contribution in [0.4, 0.5) is 13.2 Å². The lowest BCUT2D eigenvalue weighted by atomic mass is 9.78. The monoisotopic (exact) mass is 528 g/mol. The summed E-state index contributed by atoms with van der Waals surface area (Å²) in [6.07, 6.45) is 14.0. The Kier molecular flexibility index (Phi) is 10.7. The van der Waals surface area contributed by atoms with Crippen LogP contribution in [0.15, 0.2) is 36.4 Å². The topological polar surface area (TPSA) is 18.5 Å². The molecule has 0 unspecified atom stereocenters. The van der Waals surface area contributed by atoms with Crippen LogP contribution in [0.2, 0.25) is 0 Å². The van der Waals surface area contributed by atoms with Crippen molar-refractivity contribution in [2.75, 3.05) is 13.2 Å². The fraction of sp³-hybridized carbons (Fsp3) is 0.576. The standard InChI is InChI=1S/C33H43F3O2/c1-3-5-21-38-28-17-19-29(31(34)22-28)24-9-6-23(7-10-24)8-11-26-14-18-30(33(36)32(26)35)25-12-15-27(16-13-25)37-20-4-2/h8,11,14,17-19,22-25,27H,3-7,9-10,12-13,15-16,20-21H2,1-2H3/b11-8+. The first kappa shape index (κ1) is 28.7. The summed E-state index contributed by atoms with van der Waals surface area (Å²) in [5.41, 5.74) is 1.56. The number of rotatable bonds is 11. The number of ether oxygens (including phenoxy) is 2. The van der Waals surface area contributed by atoms with Gasteiger partial charge in [0.2, 0.25) is 0 Å². The zero-order chi connectivity index (χ0) is 26.9. The van der Waals surface area contributed by atoms with Gasteiger partial charge >= 0.3 is 0 Å². The number of hydrogen-bond acceptors (Lipinski definition) is 2. The molecule has 0 amide bonds. The molecular weight excluding hydrogens is 485 g/mol. The van der Waals surface area contributed by atoms with E-state index in [0.29, 0.717) is 23.5 Å². The average molecular weight is 529 g/mol. The lowest BCUT2D eigenvalue weighted by Gasteiger charge is -2.29. The Hall–Kier alpha value is -2.27. The van der Waals surface area contributed by atoms with Crippen molar-refractivity contribution in [2.24, 2.45) is 5.92 Å². The van der Waals surface area contributed by atoms with Crippen molar-refractivity contribution in [1.82, 2.24) is 0 Å². The molecule has 0 N–H and O–H groups in total. The fourth-order valence-electron chi connectivity index (χ4n) is 5.97. The Balaban J connectivity index is 1.30. The molecule has 5 heteroatoms. The Morgan fingerprint density at radius 2 is 1.45 bits per heavy atom. The normalized spacial score (nSPS) is 24.1. The number of halogens is 3. The molecule has 0 saturated heterocycles. The minimum absolute atomic E-state index is 0.0525. The molecule has 208 valence electrons. The summed E-state index contributed by atoms with van der Waals surface area (Å²) >= 11 is 0. The second kappa shape index (κ2) is 14.2. The van der Waals surface area contributed by atoms with Gasteiger partial charge in [0, 0.05) is 18.2 Å². The van der Waals surface area contributed by atoms with Crippen molar-refractivity contribution in [2.45, 2.75) is 102 Å². The van der Waals surface area contributed by atoms with Crippen molar-refractivity contribution in [3.63, 3.8) is 0 Å². The van der Waals surface area contributed by atoms with E-state index >= 15 is 4.39 Å². The van der Waals surface area contributed by atoms with Crippen molar-refractivity contribution in [3.05, 3.63) is 70.5 Å². The highest BCUT2D eigenvalue weighted by Gasteiger charge is 2.27. The predicted molar refractivity (Wildman–Crippen MR) is 148 cm³/mol. The first-order valence-electron chi connectivity index (χ1n) is 14.7. The molecule has 0 aliphatic heterocycles. The van der Waals surface area contributed by atoms with Gasteiger partial charge in [-0.1, -0.05) is 50.6 Å². The molecule has 0 spiro atoms. The highest BCUT2D eigenvalue weighted by Crippen LogP contribution is 2.39. The molecule has 2 fully saturated rings. The molecule has 0 radical (unpaired) electrons. The highest BCUT2D eigenvalue weighted by molar-refractivity contribution is 5.52. The second-order valence-corrected chi connectivity index (χ2v) is 11.1. The zero-order valence-electron chi connectivity index (χ0n) is 23.0. The van der Waals surface area contributed by atoms with Gasteiger partial charge in [-0.05, 0) is 99.2 Å². The minimum atomic E-state index is -0.750. The Morgan fingerprint density at radius 1 is 0.763 bits per heavy atom. The summed E-state index contributed by atoms with van der Waals surface area (Å²) in [4.78, 5) is 0. The van der Waals surface area contributed by atoms with Crippen LogP contribution in [-0.4, -0.2) is 19.3 Å². The summed E-state index contributed by atoms with van der Waals surface area (Å²) in [5.74, 6) is -0.544. The van der Waals surface area contributed by atoms with Gasteiger partial charge in [0.25, 0.3) is 0 Å². The maximum absolute atomic E-state index is 15.0. The lowest BCUT2D eigenvalue weighted by molar-refractivity contribution is 0.0248. The summed E-state index contributed by atoms with van der Waals surface area (Å²) in [5, 5.41) is 0. The van der Waals surface area contributed by atoms with E-state index in [1.54, 1.807) is 18.2 Å². The van der Waals surface area contributed by atoms with E-state index in [2.05, 4.69) is 13.8 Å². The van der Waals surface area contributed by atoms with E-state index < -0.39 is 11.6 Å². The Labute approximate surface area is 226 Å². The van der Waals surface area contributed by atoms with Crippen molar-refractivity contribution in [1.29, 1.82) is 0 Å². The van der Waals surface area contributed by atoms with Crippen molar-refractivity contribution >= 4 is 6.08 Å². The fourth-order valence-corrected chi connectivity index (χ4v) is 5.97. The average Bonchev–Trinajstić information content (AvgIpc) is 2.94. The number of unbranched alkanes of at least 4 members (excludes halogenated alkanes) is 1. The summed E-state index contributed by atoms with van der Waals surface area (Å²) < 4.78 is 56.2. The van der Waals surface area contributed by atoms with E-state index in [1.165, 1.54) is 6.07 Å². The largest absolute Gasteiger partial charge is 0.493 e. The molecule has 2 saturated carbocycles. The van der Waals surface area contributed by atoms with E-state index in [-0.39, 0.29) is 29.7 Å². The number of hydrogen-bond donors (Lipinski definition) is 0. The molecule has 2 aliphatic rings. The Morgan fingerprint density at radius 3 is 2.13 bits per heavy atom. The zero-order valence-corrected chi connectivity index (χ0v) is 23.0. The minimum Gasteiger partial charge on any atom is -0.493 e. The molecule has 2 aromatic carbocycles. The van der Waals surface area contributed by atoms with Gasteiger partial charge in [-0.3, -0.25) is 0 Å². The molecule has 2 nitrogen and oxygen atoms in total. The third kappa shape index (κ3) is 7.43. The SMILES string of the molecule is CCCCOc1ccc(C2CCC(/C=C/c3ccc(C4CCC(OCCC)CC4)c(F)c3F)CC2)c(F)c1. The van der Waals surface area contributed by atoms with Gasteiger partial charge < -0.3 is 9.47 Å². The van der Waals surface area contributed by atoms with Crippen LogP contribution in [0.25, 0.3) is 6.08 Å². The van der Waals surface area contributed by atoms with Crippen molar-refractivity contribution in [3.8, 4) is 5.75 Å². The molecule has 0 aromatic heterocycles. The first-order chi connectivity index (χ1) is 18.5. The van der Waals surface area contributed by atoms with Crippen LogP contribution in [0.1, 0.15) is 113 Å². The van der Waals surface area contributed by atoms with Crippen LogP contribution >= 0.6 is 0 Å². The predicted octanol–water partition coefficient (Wildman–Crippen LogP) is 9.72. The van der Waals surface area contributed by atoms with Gasteiger partial charge in [0.1, 0.15) is 11.6 Å². The second-order valence-electron chi connectivity index (χ2n) is 11.1. The molecule has 2 aliphatic carbocycles. The molecule has 38 heavy (non-hydrogen) atoms. The number of benzene rings is 2. The highest BCUT2D eigenvalue weighted by atomic mass is 19.2. The third-order valence-corrected chi connectivity index (χ3v) is 8.31. The van der Waals surface area contributed by atoms with Gasteiger partial charge in [-0.15, -0.1) is 0 Å². The quantitative estimate of drug-likeness (QED) is 0.270. The van der Waals surface area contributed by atoms with E-state index in [4.69, 9.17) is 9.47 Å². The lowest BCUT2D eigenvalue weighted by Crippen LogP contribution is -2.21. The Bertz CT molecular complexity index is 1050. The van der Waals surface area contributed by atoms with Crippen LogP contribution in [0.3, 0.4) is 0 Å². The van der Waals surface area contributed by atoms with Crippen LogP contribution < -0.4 is 4.74 Å². The summed E-state index contributed by atoms with van der Waals surface area (Å²) in [7, 11) is 0. The van der Waals surface area contributed by atoms with Gasteiger partial charge in [0.05, 0.1) is 12.7 Å². The first-order valence-corrected chi connectivity index (χ1v) is 14.7. The van der Waals surface area contributed by atoms with E-state index in [0.717, 1.165) is 82.8 Å². The number of allylic oxidation sites excluding steroid dienone is 1.